The lowest BCUT2D eigenvalue weighted by molar-refractivity contribution is 0.0949. The molecule has 0 aliphatic heterocycles. The van der Waals surface area contributed by atoms with Crippen molar-refractivity contribution in [2.24, 2.45) is 0 Å². The first-order chi connectivity index (χ1) is 12.5. The van der Waals surface area contributed by atoms with Crippen molar-refractivity contribution in [3.8, 4) is 0 Å². The van der Waals surface area contributed by atoms with Crippen molar-refractivity contribution in [3.05, 3.63) is 69.6 Å². The minimum atomic E-state index is -0.694. The molecule has 0 radical (unpaired) electrons. The summed E-state index contributed by atoms with van der Waals surface area (Å²) in [6, 6.07) is 9.74. The van der Waals surface area contributed by atoms with Crippen LogP contribution in [-0.2, 0) is 0 Å². The highest BCUT2D eigenvalue weighted by Gasteiger charge is 2.26. The highest BCUT2D eigenvalue weighted by Crippen LogP contribution is 2.20. The molecular formula is C19H21N3O4. The van der Waals surface area contributed by atoms with Crippen molar-refractivity contribution in [3.63, 3.8) is 0 Å². The van der Waals surface area contributed by atoms with Crippen LogP contribution >= 0.6 is 0 Å². The molecule has 1 atom stereocenters. The van der Waals surface area contributed by atoms with Crippen LogP contribution in [0, 0.1) is 0 Å². The summed E-state index contributed by atoms with van der Waals surface area (Å²) >= 11 is 0. The number of aliphatic hydroxyl groups is 1. The summed E-state index contributed by atoms with van der Waals surface area (Å²) in [6.45, 7) is -0.342. The third-order valence-corrected chi connectivity index (χ3v) is 4.38. The van der Waals surface area contributed by atoms with E-state index in [4.69, 9.17) is 0 Å². The van der Waals surface area contributed by atoms with Gasteiger partial charge in [0.05, 0.1) is 18.2 Å². The number of nitrogens with one attached hydrogen (secondary N) is 2. The molecule has 7 heteroatoms. The van der Waals surface area contributed by atoms with E-state index in [2.05, 4.69) is 10.6 Å². The number of benzene rings is 1. The Morgan fingerprint density at radius 1 is 1.23 bits per heavy atom. The predicted molar refractivity (Wildman–Crippen MR) is 96.2 cm³/mol. The molecule has 2 amide bonds. The van der Waals surface area contributed by atoms with Gasteiger partial charge in [-0.05, 0) is 24.5 Å². The largest absolute Gasteiger partial charge is 0.394 e. The molecule has 3 rings (SSSR count). The summed E-state index contributed by atoms with van der Waals surface area (Å²) < 4.78 is 1.25. The van der Waals surface area contributed by atoms with Gasteiger partial charge in [-0.25, -0.2) is 0 Å². The molecule has 3 N–H and O–H groups in total. The van der Waals surface area contributed by atoms with Crippen molar-refractivity contribution in [1.29, 1.82) is 0 Å². The first kappa shape index (κ1) is 17.9. The zero-order valence-electron chi connectivity index (χ0n) is 14.4. The second-order valence-corrected chi connectivity index (χ2v) is 6.29. The number of nitrogens with zero attached hydrogens (tertiary/aromatic N) is 1. The Morgan fingerprint density at radius 3 is 2.50 bits per heavy atom. The van der Waals surface area contributed by atoms with Gasteiger partial charge < -0.3 is 20.3 Å². The third kappa shape index (κ3) is 3.67. The average Bonchev–Trinajstić information content (AvgIpc) is 3.47. The van der Waals surface area contributed by atoms with E-state index in [0.29, 0.717) is 5.56 Å². The Hall–Kier alpha value is -2.93. The number of aliphatic hydroxyl groups excluding tert-OH is 1. The molecule has 0 unspecified atom stereocenters. The number of carbonyl (C=O) groups is 2. The monoisotopic (exact) mass is 355 g/mol. The smallest absolute Gasteiger partial charge is 0.264 e. The molecule has 1 fully saturated rings. The molecular weight excluding hydrogens is 334 g/mol. The molecule has 136 valence electrons. The van der Waals surface area contributed by atoms with Crippen LogP contribution in [0.15, 0.2) is 47.4 Å². The van der Waals surface area contributed by atoms with Crippen LogP contribution in [0.3, 0.4) is 0 Å². The van der Waals surface area contributed by atoms with Gasteiger partial charge in [0.15, 0.2) is 0 Å². The third-order valence-electron chi connectivity index (χ3n) is 4.38. The lowest BCUT2D eigenvalue weighted by Gasteiger charge is -2.20. The number of hydrogen-bond acceptors (Lipinski definition) is 4. The predicted octanol–water partition coefficient (Wildman–Crippen LogP) is 0.682. The zero-order chi connectivity index (χ0) is 18.7. The number of carbonyl (C=O) groups excluding carboxylic acids is 2. The van der Waals surface area contributed by atoms with E-state index in [-0.39, 0.29) is 29.7 Å². The van der Waals surface area contributed by atoms with Crippen LogP contribution in [0.25, 0.3) is 0 Å². The molecule has 1 aliphatic carbocycles. The summed E-state index contributed by atoms with van der Waals surface area (Å²) in [5.41, 5.74) is 0.227. The quantitative estimate of drug-likeness (QED) is 0.709. The van der Waals surface area contributed by atoms with Gasteiger partial charge in [-0.1, -0.05) is 30.3 Å². The Bertz CT molecular complexity index is 872. The van der Waals surface area contributed by atoms with Crippen molar-refractivity contribution in [2.45, 2.75) is 24.9 Å². The average molecular weight is 355 g/mol. The topological polar surface area (TPSA) is 100 Å². The number of aromatic nitrogens is 1. The molecule has 0 spiro atoms. The minimum absolute atomic E-state index is 0.134. The van der Waals surface area contributed by atoms with Crippen LogP contribution in [0.4, 0.5) is 0 Å². The van der Waals surface area contributed by atoms with Crippen LogP contribution in [0.2, 0.25) is 0 Å². The van der Waals surface area contributed by atoms with Crippen LogP contribution < -0.4 is 16.2 Å². The van der Waals surface area contributed by atoms with E-state index < -0.39 is 17.5 Å². The Labute approximate surface area is 150 Å². The Balaban J connectivity index is 2.11. The van der Waals surface area contributed by atoms with E-state index in [1.165, 1.54) is 23.9 Å². The van der Waals surface area contributed by atoms with Crippen molar-refractivity contribution < 1.29 is 14.7 Å². The van der Waals surface area contributed by atoms with E-state index in [1.54, 1.807) is 24.3 Å². The molecule has 1 saturated carbocycles. The number of hydrogen-bond donors (Lipinski definition) is 3. The fraction of sp³-hybridized carbons (Fsp3) is 0.316. The number of pyridine rings is 1. The lowest BCUT2D eigenvalue weighted by Crippen LogP contribution is -2.36. The van der Waals surface area contributed by atoms with Gasteiger partial charge in [0.25, 0.3) is 17.4 Å². The zero-order valence-corrected chi connectivity index (χ0v) is 14.4. The normalized spacial score (nSPS) is 14.5. The number of amides is 2. The maximum Gasteiger partial charge on any atom is 0.264 e. The van der Waals surface area contributed by atoms with Crippen molar-refractivity contribution in [2.75, 3.05) is 13.7 Å². The Morgan fingerprint density at radius 2 is 1.92 bits per heavy atom. The minimum Gasteiger partial charge on any atom is -0.394 e. The maximum atomic E-state index is 12.8. The maximum absolute atomic E-state index is 12.8. The summed E-state index contributed by atoms with van der Waals surface area (Å²) in [6.07, 6.45) is 3.26. The molecule has 1 aliphatic rings. The first-order valence-corrected chi connectivity index (χ1v) is 8.50. The molecule has 0 saturated heterocycles. The SMILES string of the molecule is CNC(=O)c1cc(C(=O)NC2CC2)cn([C@H](CO)c2ccccc2)c1=O. The molecule has 1 aromatic carbocycles. The summed E-state index contributed by atoms with van der Waals surface area (Å²) in [5, 5.41) is 15.1. The van der Waals surface area contributed by atoms with Crippen LogP contribution in [-0.4, -0.2) is 41.2 Å². The summed E-state index contributed by atoms with van der Waals surface area (Å²) in [5.74, 6) is -0.911. The van der Waals surface area contributed by atoms with Crippen molar-refractivity contribution in [1.82, 2.24) is 15.2 Å². The highest BCUT2D eigenvalue weighted by molar-refractivity contribution is 5.99. The summed E-state index contributed by atoms with van der Waals surface area (Å²) in [7, 11) is 1.42. The molecule has 0 bridgehead atoms. The van der Waals surface area contributed by atoms with Gasteiger partial charge in [0.2, 0.25) is 0 Å². The van der Waals surface area contributed by atoms with Crippen LogP contribution in [0.1, 0.15) is 45.2 Å². The van der Waals surface area contributed by atoms with E-state index in [0.717, 1.165) is 12.8 Å². The molecule has 26 heavy (non-hydrogen) atoms. The van der Waals surface area contributed by atoms with Gasteiger partial charge in [0.1, 0.15) is 5.56 Å². The number of rotatable bonds is 6. The Kier molecular flexibility index (Phi) is 5.18. The second-order valence-electron chi connectivity index (χ2n) is 6.29. The molecule has 2 aromatic rings. The second kappa shape index (κ2) is 7.53. The van der Waals surface area contributed by atoms with Gasteiger partial charge in [-0.3, -0.25) is 14.4 Å². The van der Waals surface area contributed by atoms with Crippen molar-refractivity contribution >= 4 is 11.8 Å². The lowest BCUT2D eigenvalue weighted by atomic mass is 10.1. The van der Waals surface area contributed by atoms with Gasteiger partial charge in [0, 0.05) is 19.3 Å². The van der Waals surface area contributed by atoms with Gasteiger partial charge in [-0.2, -0.15) is 0 Å². The highest BCUT2D eigenvalue weighted by atomic mass is 16.3. The van der Waals surface area contributed by atoms with Crippen LogP contribution in [0.5, 0.6) is 0 Å². The fourth-order valence-corrected chi connectivity index (χ4v) is 2.78. The standard InChI is InChI=1S/C19H21N3O4/c1-20-18(25)15-9-13(17(24)21-14-7-8-14)10-22(19(15)26)16(11-23)12-5-3-2-4-6-12/h2-6,9-10,14,16,23H,7-8,11H2,1H3,(H,20,25)(H,21,24)/t16-/m1/s1. The first-order valence-electron chi connectivity index (χ1n) is 8.50. The molecule has 7 nitrogen and oxygen atoms in total. The van der Waals surface area contributed by atoms with E-state index in [9.17, 15) is 19.5 Å². The van der Waals surface area contributed by atoms with E-state index in [1.807, 2.05) is 6.07 Å². The van der Waals surface area contributed by atoms with Gasteiger partial charge >= 0.3 is 0 Å². The summed E-state index contributed by atoms with van der Waals surface area (Å²) in [4.78, 5) is 37.4. The molecule has 1 aromatic heterocycles. The molecule has 1 heterocycles. The van der Waals surface area contributed by atoms with Gasteiger partial charge in [-0.15, -0.1) is 0 Å². The fourth-order valence-electron chi connectivity index (χ4n) is 2.78. The van der Waals surface area contributed by atoms with E-state index >= 15 is 0 Å².